The van der Waals surface area contributed by atoms with Crippen molar-refractivity contribution in [1.29, 1.82) is 0 Å². The number of benzene rings is 1. The van der Waals surface area contributed by atoms with Crippen molar-refractivity contribution in [3.8, 4) is 0 Å². The van der Waals surface area contributed by atoms with Crippen molar-refractivity contribution in [1.82, 2.24) is 4.68 Å². The Morgan fingerprint density at radius 3 is 2.67 bits per heavy atom. The molecule has 0 bridgehead atoms. The number of anilines is 2. The summed E-state index contributed by atoms with van der Waals surface area (Å²) in [5.41, 5.74) is 17.1. The van der Waals surface area contributed by atoms with Gasteiger partial charge in [0.05, 0.1) is 12.2 Å². The number of nitrogens with two attached hydrogens (primary N) is 2. The Morgan fingerprint density at radius 1 is 1.11 bits per heavy atom. The molecule has 5 N–H and O–H groups in total. The van der Waals surface area contributed by atoms with E-state index in [9.17, 15) is 0 Å². The highest BCUT2D eigenvalue weighted by atomic mass is 32.1. The van der Waals surface area contributed by atoms with Gasteiger partial charge in [0.2, 0.25) is 0 Å². The number of aromatic nitrogens is 1. The van der Waals surface area contributed by atoms with Gasteiger partial charge in [0.1, 0.15) is 10.6 Å². The average Bonchev–Trinajstić information content (AvgIpc) is 2.95. The second-order valence-corrected chi connectivity index (χ2v) is 4.99. The summed E-state index contributed by atoms with van der Waals surface area (Å²) in [6.45, 7) is 0.714. The molecule has 0 aliphatic heterocycles. The molecule has 2 aromatic heterocycles. The fourth-order valence-corrected chi connectivity index (χ4v) is 2.88. The number of nitrogen functional groups attached to an aromatic ring is 2. The number of nitrogens with one attached hydrogen (secondary N) is 1. The maximum Gasteiger partial charge on any atom is 0.147 e. The van der Waals surface area contributed by atoms with Crippen LogP contribution in [0.4, 0.5) is 11.5 Å². The summed E-state index contributed by atoms with van der Waals surface area (Å²) in [4.78, 5) is 1.06. The van der Waals surface area contributed by atoms with Crippen molar-refractivity contribution in [3.05, 3.63) is 47.3 Å². The van der Waals surface area contributed by atoms with Crippen molar-refractivity contribution >= 4 is 33.1 Å². The smallest absolute Gasteiger partial charge is 0.147 e. The first kappa shape index (κ1) is 11.0. The molecular formula is C13H14N4S. The van der Waals surface area contributed by atoms with E-state index in [1.54, 1.807) is 11.3 Å². The predicted molar refractivity (Wildman–Crippen MR) is 78.1 cm³/mol. The number of fused-ring (bicyclic) bond motifs is 1. The molecule has 0 aliphatic carbocycles. The van der Waals surface area contributed by atoms with Crippen LogP contribution < -0.4 is 16.9 Å². The van der Waals surface area contributed by atoms with Crippen molar-refractivity contribution in [2.24, 2.45) is 0 Å². The van der Waals surface area contributed by atoms with E-state index in [1.807, 2.05) is 34.3 Å². The zero-order chi connectivity index (χ0) is 12.5. The van der Waals surface area contributed by atoms with Crippen LogP contribution in [0.25, 0.3) is 10.2 Å². The zero-order valence-corrected chi connectivity index (χ0v) is 10.6. The van der Waals surface area contributed by atoms with Crippen molar-refractivity contribution in [3.63, 3.8) is 0 Å². The van der Waals surface area contributed by atoms with Crippen LogP contribution in [-0.2, 0) is 6.54 Å². The van der Waals surface area contributed by atoms with E-state index in [-0.39, 0.29) is 0 Å². The van der Waals surface area contributed by atoms with Gasteiger partial charge in [-0.25, -0.2) is 4.68 Å². The molecule has 2 heterocycles. The summed E-state index contributed by atoms with van der Waals surface area (Å²) in [5, 5.41) is 3.03. The second kappa shape index (κ2) is 4.27. The Hall–Kier alpha value is -2.14. The van der Waals surface area contributed by atoms with Crippen LogP contribution in [0.2, 0.25) is 0 Å². The van der Waals surface area contributed by atoms with Gasteiger partial charge in [0.15, 0.2) is 0 Å². The summed E-state index contributed by atoms with van der Waals surface area (Å²) < 4.78 is 1.86. The van der Waals surface area contributed by atoms with Crippen molar-refractivity contribution in [2.45, 2.75) is 6.54 Å². The van der Waals surface area contributed by atoms with Crippen LogP contribution in [0.5, 0.6) is 0 Å². The molecule has 0 atom stereocenters. The molecule has 1 aromatic carbocycles. The predicted octanol–water partition coefficient (Wildman–Crippen LogP) is 2.61. The Morgan fingerprint density at radius 2 is 1.89 bits per heavy atom. The summed E-state index contributed by atoms with van der Waals surface area (Å²) >= 11 is 1.62. The van der Waals surface area contributed by atoms with Gasteiger partial charge >= 0.3 is 0 Å². The molecule has 4 nitrogen and oxygen atoms in total. The molecule has 0 amide bonds. The van der Waals surface area contributed by atoms with E-state index in [0.717, 1.165) is 10.2 Å². The largest absolute Gasteiger partial charge is 0.395 e. The molecular weight excluding hydrogens is 244 g/mol. The van der Waals surface area contributed by atoms with Gasteiger partial charge < -0.3 is 16.9 Å². The molecule has 0 saturated carbocycles. The SMILES string of the molecule is Nc1c(N)n(NCc2ccccc2)c2sccc12. The minimum absolute atomic E-state index is 0.577. The Kier molecular flexibility index (Phi) is 2.60. The van der Waals surface area contributed by atoms with E-state index in [4.69, 9.17) is 11.5 Å². The second-order valence-electron chi connectivity index (χ2n) is 4.09. The summed E-state index contributed by atoms with van der Waals surface area (Å²) in [6.07, 6.45) is 0. The number of hydrogen-bond donors (Lipinski definition) is 3. The summed E-state index contributed by atoms with van der Waals surface area (Å²) in [5.74, 6) is 0.577. The van der Waals surface area contributed by atoms with Crippen LogP contribution in [0, 0.1) is 0 Å². The Bertz CT molecular complexity index is 669. The average molecular weight is 258 g/mol. The monoisotopic (exact) mass is 258 g/mol. The van der Waals surface area contributed by atoms with E-state index >= 15 is 0 Å². The summed E-state index contributed by atoms with van der Waals surface area (Å²) in [6, 6.07) is 12.2. The third-order valence-electron chi connectivity index (χ3n) is 2.94. The number of thiophene rings is 1. The maximum absolute atomic E-state index is 6.01. The van der Waals surface area contributed by atoms with Crippen molar-refractivity contribution < 1.29 is 0 Å². The topological polar surface area (TPSA) is 69.0 Å². The van der Waals surface area contributed by atoms with Gasteiger partial charge in [-0.05, 0) is 17.0 Å². The Labute approximate surface area is 109 Å². The minimum atomic E-state index is 0.577. The fraction of sp³-hybridized carbons (Fsp3) is 0.0769. The lowest BCUT2D eigenvalue weighted by atomic mass is 10.2. The molecule has 3 rings (SSSR count). The third-order valence-corrected chi connectivity index (χ3v) is 3.84. The lowest BCUT2D eigenvalue weighted by Crippen LogP contribution is -2.16. The molecule has 0 fully saturated rings. The van der Waals surface area contributed by atoms with Crippen LogP contribution in [0.15, 0.2) is 41.8 Å². The van der Waals surface area contributed by atoms with E-state index in [0.29, 0.717) is 18.1 Å². The molecule has 0 saturated heterocycles. The zero-order valence-electron chi connectivity index (χ0n) is 9.76. The van der Waals surface area contributed by atoms with E-state index < -0.39 is 0 Å². The first-order valence-corrected chi connectivity index (χ1v) is 6.56. The molecule has 0 radical (unpaired) electrons. The number of hydrogen-bond acceptors (Lipinski definition) is 4. The van der Waals surface area contributed by atoms with Gasteiger partial charge in [-0.2, -0.15) is 0 Å². The maximum atomic E-state index is 6.01. The molecule has 0 spiro atoms. The molecule has 5 heteroatoms. The minimum Gasteiger partial charge on any atom is -0.395 e. The molecule has 0 aliphatic rings. The highest BCUT2D eigenvalue weighted by Gasteiger charge is 2.12. The van der Waals surface area contributed by atoms with Crippen LogP contribution in [-0.4, -0.2) is 4.68 Å². The van der Waals surface area contributed by atoms with Gasteiger partial charge in [-0.1, -0.05) is 30.3 Å². The van der Waals surface area contributed by atoms with Gasteiger partial charge in [0.25, 0.3) is 0 Å². The van der Waals surface area contributed by atoms with Crippen LogP contribution in [0.3, 0.4) is 0 Å². The third kappa shape index (κ3) is 1.69. The molecule has 0 unspecified atom stereocenters. The van der Waals surface area contributed by atoms with Crippen molar-refractivity contribution in [2.75, 3.05) is 16.9 Å². The molecule has 92 valence electrons. The number of nitrogens with zero attached hydrogens (tertiary/aromatic N) is 1. The highest BCUT2D eigenvalue weighted by molar-refractivity contribution is 7.17. The van der Waals surface area contributed by atoms with Crippen LogP contribution in [0.1, 0.15) is 5.56 Å². The number of rotatable bonds is 3. The molecule has 3 aromatic rings. The first-order chi connectivity index (χ1) is 8.77. The van der Waals surface area contributed by atoms with Crippen LogP contribution >= 0.6 is 11.3 Å². The van der Waals surface area contributed by atoms with E-state index in [2.05, 4.69) is 17.6 Å². The summed E-state index contributed by atoms with van der Waals surface area (Å²) in [7, 11) is 0. The fourth-order valence-electron chi connectivity index (χ4n) is 1.97. The normalized spacial score (nSPS) is 10.9. The quantitative estimate of drug-likeness (QED) is 0.676. The van der Waals surface area contributed by atoms with Gasteiger partial charge in [0, 0.05) is 5.39 Å². The standard InChI is InChI=1S/C13H14N4S/c14-11-10-6-7-18-13(10)17(12(11)15)16-8-9-4-2-1-3-5-9/h1-7,16H,8,14-15H2. The highest BCUT2D eigenvalue weighted by Crippen LogP contribution is 2.33. The van der Waals surface area contributed by atoms with Gasteiger partial charge in [-0.3, -0.25) is 0 Å². The molecule has 18 heavy (non-hydrogen) atoms. The van der Waals surface area contributed by atoms with E-state index in [1.165, 1.54) is 5.56 Å². The lowest BCUT2D eigenvalue weighted by molar-refractivity contribution is 0.889. The first-order valence-electron chi connectivity index (χ1n) is 5.68. The van der Waals surface area contributed by atoms with Gasteiger partial charge in [-0.15, -0.1) is 11.3 Å². The Balaban J connectivity index is 1.91. The lowest BCUT2D eigenvalue weighted by Gasteiger charge is -2.10.